The molecule has 1 aliphatic heterocycles. The molecule has 3 rings (SSSR count). The van der Waals surface area contributed by atoms with Gasteiger partial charge in [-0.15, -0.1) is 11.8 Å². The summed E-state index contributed by atoms with van der Waals surface area (Å²) in [6.07, 6.45) is -0.0405. The minimum atomic E-state index is -1.11. The third kappa shape index (κ3) is 4.51. The first-order valence-corrected chi connectivity index (χ1v) is 10.5. The van der Waals surface area contributed by atoms with E-state index in [0.29, 0.717) is 6.54 Å². The third-order valence-electron chi connectivity index (χ3n) is 4.97. The Morgan fingerprint density at radius 3 is 2.54 bits per heavy atom. The Bertz CT molecular complexity index is 797. The van der Waals surface area contributed by atoms with Gasteiger partial charge in [-0.3, -0.25) is 4.79 Å². The van der Waals surface area contributed by atoms with E-state index >= 15 is 0 Å². The summed E-state index contributed by atoms with van der Waals surface area (Å²) in [7, 11) is 3.68. The minimum Gasteiger partial charge on any atom is -0.497 e. The fourth-order valence-electron chi connectivity index (χ4n) is 3.43. The molecule has 2 atom stereocenters. The zero-order valence-corrected chi connectivity index (χ0v) is 17.5. The molecule has 0 radical (unpaired) electrons. The van der Waals surface area contributed by atoms with Gasteiger partial charge in [0.25, 0.3) is 5.91 Å². The molecule has 0 spiro atoms. The number of ether oxygens (including phenoxy) is 1. The molecule has 1 heterocycles. The van der Waals surface area contributed by atoms with Crippen molar-refractivity contribution in [1.29, 1.82) is 0 Å². The fraction of sp³-hybridized carbons (Fsp3) is 0.409. The van der Waals surface area contributed by atoms with Crippen molar-refractivity contribution in [1.82, 2.24) is 4.90 Å². The predicted octanol–water partition coefficient (Wildman–Crippen LogP) is 3.58. The van der Waals surface area contributed by atoms with Gasteiger partial charge in [0.15, 0.2) is 0 Å². The van der Waals surface area contributed by atoms with Crippen LogP contribution in [0.3, 0.4) is 0 Å². The summed E-state index contributed by atoms with van der Waals surface area (Å²) in [5.41, 5.74) is 1.78. The number of likely N-dealkylation sites (N-methyl/N-ethyl adjacent to an activating group) is 1. The van der Waals surface area contributed by atoms with Crippen LogP contribution in [0.5, 0.6) is 5.75 Å². The Hall–Kier alpha value is -2.02. The number of methoxy groups -OCH3 is 1. The number of carbonyl (C=O) groups excluding carboxylic acids is 1. The summed E-state index contributed by atoms with van der Waals surface area (Å²) in [5.74, 6) is 0.507. The summed E-state index contributed by atoms with van der Waals surface area (Å²) in [4.78, 5) is 18.2. The molecule has 1 amide bonds. The maximum atomic E-state index is 13.2. The number of rotatable bonds is 7. The first-order valence-electron chi connectivity index (χ1n) is 9.62. The van der Waals surface area contributed by atoms with Gasteiger partial charge in [0.2, 0.25) is 0 Å². The second-order valence-corrected chi connectivity index (χ2v) is 8.20. The Morgan fingerprint density at radius 2 is 1.86 bits per heavy atom. The number of benzene rings is 2. The molecule has 0 bridgehead atoms. The van der Waals surface area contributed by atoms with E-state index in [4.69, 9.17) is 4.74 Å². The van der Waals surface area contributed by atoms with Crippen LogP contribution in [0.1, 0.15) is 24.2 Å². The molecule has 5 nitrogen and oxygen atoms in total. The number of nitrogens with zero attached hydrogens (tertiary/aromatic N) is 2. The van der Waals surface area contributed by atoms with E-state index in [1.54, 1.807) is 12.0 Å². The Balaban J connectivity index is 1.90. The molecular formula is C22H28N2O3S. The van der Waals surface area contributed by atoms with Gasteiger partial charge in [-0.2, -0.15) is 0 Å². The highest BCUT2D eigenvalue weighted by Gasteiger charge is 2.37. The largest absolute Gasteiger partial charge is 0.497 e. The highest BCUT2D eigenvalue weighted by Crippen LogP contribution is 2.45. The lowest BCUT2D eigenvalue weighted by atomic mass is 10.1. The van der Waals surface area contributed by atoms with Crippen LogP contribution in [0.15, 0.2) is 53.4 Å². The average molecular weight is 401 g/mol. The van der Waals surface area contributed by atoms with Gasteiger partial charge in [0, 0.05) is 18.0 Å². The van der Waals surface area contributed by atoms with Crippen molar-refractivity contribution >= 4 is 23.4 Å². The number of hydrogen-bond acceptors (Lipinski definition) is 5. The number of fused-ring (bicyclic) bond motifs is 1. The predicted molar refractivity (Wildman–Crippen MR) is 114 cm³/mol. The average Bonchev–Trinajstić information content (AvgIpc) is 2.82. The minimum absolute atomic E-state index is 0.247. The van der Waals surface area contributed by atoms with Gasteiger partial charge in [-0.05, 0) is 49.8 Å². The number of anilines is 1. The van der Waals surface area contributed by atoms with Crippen LogP contribution in [0.25, 0.3) is 0 Å². The van der Waals surface area contributed by atoms with E-state index in [1.165, 1.54) is 11.8 Å². The first-order chi connectivity index (χ1) is 13.5. The molecule has 2 aromatic rings. The Labute approximate surface area is 171 Å². The van der Waals surface area contributed by atoms with Crippen LogP contribution in [0.4, 0.5) is 5.69 Å². The fourth-order valence-corrected chi connectivity index (χ4v) is 4.70. The topological polar surface area (TPSA) is 53.0 Å². The van der Waals surface area contributed by atoms with Crippen molar-refractivity contribution in [2.45, 2.75) is 29.6 Å². The van der Waals surface area contributed by atoms with Gasteiger partial charge in [0.1, 0.15) is 11.9 Å². The molecule has 0 saturated heterocycles. The van der Waals surface area contributed by atoms with Crippen LogP contribution >= 0.6 is 11.8 Å². The number of para-hydroxylation sites is 1. The van der Waals surface area contributed by atoms with Crippen LogP contribution in [0.2, 0.25) is 0 Å². The molecule has 28 heavy (non-hydrogen) atoms. The molecule has 1 aliphatic rings. The SMILES string of the molecule is CCCN(C)CCN1C(=O)C(O)C(c2ccc(OC)cc2)Sc2ccccc21. The summed E-state index contributed by atoms with van der Waals surface area (Å²) >= 11 is 1.54. The molecule has 2 aromatic carbocycles. The van der Waals surface area contributed by atoms with Gasteiger partial charge < -0.3 is 19.6 Å². The third-order valence-corrected chi connectivity index (χ3v) is 6.35. The number of carbonyl (C=O) groups is 1. The molecule has 0 fully saturated rings. The van der Waals surface area contributed by atoms with Crippen LogP contribution < -0.4 is 9.64 Å². The van der Waals surface area contributed by atoms with E-state index in [0.717, 1.165) is 41.4 Å². The van der Waals surface area contributed by atoms with E-state index < -0.39 is 6.10 Å². The number of thioether (sulfide) groups is 1. The molecule has 1 N–H and O–H groups in total. The summed E-state index contributed by atoms with van der Waals surface area (Å²) < 4.78 is 5.23. The molecule has 2 unspecified atom stereocenters. The van der Waals surface area contributed by atoms with E-state index in [-0.39, 0.29) is 11.2 Å². The zero-order valence-electron chi connectivity index (χ0n) is 16.7. The van der Waals surface area contributed by atoms with Crippen LogP contribution in [-0.4, -0.2) is 55.8 Å². The second kappa shape index (κ2) is 9.45. The van der Waals surface area contributed by atoms with E-state index in [2.05, 4.69) is 18.9 Å². The van der Waals surface area contributed by atoms with Gasteiger partial charge in [0.05, 0.1) is 18.0 Å². The number of amides is 1. The normalized spacial score (nSPS) is 19.5. The van der Waals surface area contributed by atoms with Crippen molar-refractivity contribution in [3.8, 4) is 5.75 Å². The molecule has 0 aliphatic carbocycles. The maximum Gasteiger partial charge on any atom is 0.257 e. The van der Waals surface area contributed by atoms with Crippen molar-refractivity contribution in [2.24, 2.45) is 0 Å². The quantitative estimate of drug-likeness (QED) is 0.770. The lowest BCUT2D eigenvalue weighted by Gasteiger charge is -2.27. The van der Waals surface area contributed by atoms with E-state index in [1.807, 2.05) is 48.5 Å². The van der Waals surface area contributed by atoms with Crippen molar-refractivity contribution in [2.75, 3.05) is 38.7 Å². The molecular weight excluding hydrogens is 372 g/mol. The van der Waals surface area contributed by atoms with Crippen LogP contribution in [-0.2, 0) is 4.79 Å². The number of hydrogen-bond donors (Lipinski definition) is 1. The van der Waals surface area contributed by atoms with Crippen molar-refractivity contribution in [3.05, 3.63) is 54.1 Å². The monoisotopic (exact) mass is 400 g/mol. The molecule has 0 saturated carbocycles. The lowest BCUT2D eigenvalue weighted by molar-refractivity contribution is -0.126. The Kier molecular flexibility index (Phi) is 6.99. The summed E-state index contributed by atoms with van der Waals surface area (Å²) in [6, 6.07) is 15.5. The lowest BCUT2D eigenvalue weighted by Crippen LogP contribution is -2.43. The maximum absolute atomic E-state index is 13.2. The number of aliphatic hydroxyl groups is 1. The second-order valence-electron chi connectivity index (χ2n) is 7.02. The van der Waals surface area contributed by atoms with Gasteiger partial charge in [-0.25, -0.2) is 0 Å². The van der Waals surface area contributed by atoms with Crippen LogP contribution in [0, 0.1) is 0 Å². The zero-order chi connectivity index (χ0) is 20.1. The highest BCUT2D eigenvalue weighted by atomic mass is 32.2. The number of aliphatic hydroxyl groups excluding tert-OH is 1. The Morgan fingerprint density at radius 1 is 1.14 bits per heavy atom. The first kappa shape index (κ1) is 20.7. The smallest absolute Gasteiger partial charge is 0.257 e. The molecule has 150 valence electrons. The van der Waals surface area contributed by atoms with Crippen molar-refractivity contribution < 1.29 is 14.6 Å². The van der Waals surface area contributed by atoms with Gasteiger partial charge >= 0.3 is 0 Å². The van der Waals surface area contributed by atoms with Gasteiger partial charge in [-0.1, -0.05) is 31.2 Å². The standard InChI is InChI=1S/C22H28N2O3S/c1-4-13-23(2)14-15-24-18-7-5-6-8-19(18)28-21(20(25)22(24)26)16-9-11-17(27-3)12-10-16/h5-12,20-21,25H,4,13-15H2,1-3H3. The van der Waals surface area contributed by atoms with E-state index in [9.17, 15) is 9.90 Å². The summed E-state index contributed by atoms with van der Waals surface area (Å²) in [6.45, 7) is 4.44. The van der Waals surface area contributed by atoms with Crippen molar-refractivity contribution in [3.63, 3.8) is 0 Å². The highest BCUT2D eigenvalue weighted by molar-refractivity contribution is 7.99. The molecule has 6 heteroatoms. The summed E-state index contributed by atoms with van der Waals surface area (Å²) in [5, 5.41) is 10.6. The molecule has 0 aromatic heterocycles.